The largest absolute Gasteiger partial charge is 0.380 e. The van der Waals surface area contributed by atoms with Crippen LogP contribution in [0.1, 0.15) is 15.2 Å². The number of carbonyl (C=O) groups excluding carboxylic acids is 1. The first kappa shape index (κ1) is 16.8. The minimum absolute atomic E-state index is 0.244. The molecule has 3 aromatic rings. The monoisotopic (exact) mass is 377 g/mol. The number of nitrogens with one attached hydrogen (secondary N) is 2. The highest BCUT2D eigenvalue weighted by Crippen LogP contribution is 2.22. The number of anilines is 2. The van der Waals surface area contributed by atoms with E-state index in [9.17, 15) is 4.79 Å². The highest BCUT2D eigenvalue weighted by atomic mass is 35.5. The van der Waals surface area contributed by atoms with Gasteiger partial charge in [-0.25, -0.2) is 4.98 Å². The molecule has 0 atom stereocenters. The fourth-order valence-electron chi connectivity index (χ4n) is 2.11. The Morgan fingerprint density at radius 3 is 2.62 bits per heavy atom. The number of benzene rings is 2. The van der Waals surface area contributed by atoms with E-state index in [4.69, 9.17) is 23.2 Å². The van der Waals surface area contributed by atoms with Crippen molar-refractivity contribution >= 4 is 51.8 Å². The highest BCUT2D eigenvalue weighted by molar-refractivity contribution is 7.15. The number of amides is 1. The SMILES string of the molecule is O=C(Nc1cccc(NCc2cnc(Cl)s2)c1)c1ccccc1Cl. The Labute approximate surface area is 153 Å². The normalized spacial score (nSPS) is 10.4. The predicted octanol–water partition coefficient (Wildman–Crippen LogP) is 5.31. The third-order valence-corrected chi connectivity index (χ3v) is 4.68. The van der Waals surface area contributed by atoms with Crippen LogP contribution in [0.15, 0.2) is 54.7 Å². The van der Waals surface area contributed by atoms with Crippen LogP contribution < -0.4 is 10.6 Å². The van der Waals surface area contributed by atoms with Gasteiger partial charge in [0.2, 0.25) is 0 Å². The Morgan fingerprint density at radius 2 is 1.88 bits per heavy atom. The maximum Gasteiger partial charge on any atom is 0.257 e. The number of nitrogens with zero attached hydrogens (tertiary/aromatic N) is 1. The van der Waals surface area contributed by atoms with Crippen LogP contribution in [0.25, 0.3) is 0 Å². The molecule has 24 heavy (non-hydrogen) atoms. The van der Waals surface area contributed by atoms with E-state index in [2.05, 4.69) is 15.6 Å². The molecule has 1 heterocycles. The molecule has 7 heteroatoms. The van der Waals surface area contributed by atoms with Crippen molar-refractivity contribution in [3.63, 3.8) is 0 Å². The van der Waals surface area contributed by atoms with Gasteiger partial charge in [-0.1, -0.05) is 41.4 Å². The molecule has 2 aromatic carbocycles. The van der Waals surface area contributed by atoms with Crippen molar-refractivity contribution in [2.75, 3.05) is 10.6 Å². The van der Waals surface area contributed by atoms with E-state index in [1.165, 1.54) is 11.3 Å². The summed E-state index contributed by atoms with van der Waals surface area (Å²) < 4.78 is 0.521. The maximum atomic E-state index is 12.3. The molecule has 0 bridgehead atoms. The smallest absolute Gasteiger partial charge is 0.257 e. The van der Waals surface area contributed by atoms with Crippen molar-refractivity contribution in [2.45, 2.75) is 6.54 Å². The average Bonchev–Trinajstić information content (AvgIpc) is 2.99. The van der Waals surface area contributed by atoms with Crippen molar-refractivity contribution < 1.29 is 4.79 Å². The molecule has 0 spiro atoms. The fraction of sp³-hybridized carbons (Fsp3) is 0.0588. The van der Waals surface area contributed by atoms with Crippen LogP contribution in [0.3, 0.4) is 0 Å². The van der Waals surface area contributed by atoms with E-state index >= 15 is 0 Å². The van der Waals surface area contributed by atoms with Crippen molar-refractivity contribution in [3.8, 4) is 0 Å². The molecule has 1 amide bonds. The number of hydrogen-bond donors (Lipinski definition) is 2. The van der Waals surface area contributed by atoms with Crippen LogP contribution in [-0.2, 0) is 6.54 Å². The number of hydrogen-bond acceptors (Lipinski definition) is 4. The lowest BCUT2D eigenvalue weighted by Crippen LogP contribution is -2.12. The quantitative estimate of drug-likeness (QED) is 0.632. The van der Waals surface area contributed by atoms with Gasteiger partial charge in [0.15, 0.2) is 4.47 Å². The summed E-state index contributed by atoms with van der Waals surface area (Å²) in [5.74, 6) is -0.244. The Kier molecular flexibility index (Phi) is 5.35. The van der Waals surface area contributed by atoms with Gasteiger partial charge in [-0.2, -0.15) is 0 Å². The van der Waals surface area contributed by atoms with Gasteiger partial charge >= 0.3 is 0 Å². The third-order valence-electron chi connectivity index (χ3n) is 3.23. The summed E-state index contributed by atoms with van der Waals surface area (Å²) in [6, 6.07) is 14.4. The maximum absolute atomic E-state index is 12.3. The Hall–Kier alpha value is -2.08. The molecule has 4 nitrogen and oxygen atoms in total. The number of halogens is 2. The third kappa shape index (κ3) is 4.26. The lowest BCUT2D eigenvalue weighted by molar-refractivity contribution is 0.102. The molecule has 2 N–H and O–H groups in total. The van der Waals surface area contributed by atoms with E-state index < -0.39 is 0 Å². The Morgan fingerprint density at radius 1 is 1.08 bits per heavy atom. The molecular weight excluding hydrogens is 365 g/mol. The van der Waals surface area contributed by atoms with E-state index in [-0.39, 0.29) is 5.91 Å². The van der Waals surface area contributed by atoms with Crippen LogP contribution in [0, 0.1) is 0 Å². The molecule has 122 valence electrons. The zero-order valence-corrected chi connectivity index (χ0v) is 14.8. The molecule has 0 aliphatic rings. The summed E-state index contributed by atoms with van der Waals surface area (Å²) >= 11 is 13.3. The van der Waals surface area contributed by atoms with Gasteiger partial charge in [-0.3, -0.25) is 4.79 Å². The first-order valence-electron chi connectivity index (χ1n) is 7.12. The number of carbonyl (C=O) groups is 1. The Bertz CT molecular complexity index is 866. The molecule has 0 aliphatic heterocycles. The van der Waals surface area contributed by atoms with Gasteiger partial charge in [0.25, 0.3) is 5.91 Å². The van der Waals surface area contributed by atoms with Gasteiger partial charge < -0.3 is 10.6 Å². The fourth-order valence-corrected chi connectivity index (χ4v) is 3.24. The van der Waals surface area contributed by atoms with Crippen LogP contribution in [0.2, 0.25) is 9.49 Å². The van der Waals surface area contributed by atoms with Crippen LogP contribution in [0.5, 0.6) is 0 Å². The molecule has 0 saturated carbocycles. The van der Waals surface area contributed by atoms with Gasteiger partial charge in [-0.05, 0) is 30.3 Å². The second-order valence-corrected chi connectivity index (χ2v) is 7.05. The summed E-state index contributed by atoms with van der Waals surface area (Å²) in [7, 11) is 0. The summed E-state index contributed by atoms with van der Waals surface area (Å²) in [5, 5.41) is 6.54. The van der Waals surface area contributed by atoms with Crippen LogP contribution in [0.4, 0.5) is 11.4 Å². The molecule has 1 aromatic heterocycles. The predicted molar refractivity (Wildman–Crippen MR) is 100 cm³/mol. The molecular formula is C17H13Cl2N3OS. The summed E-state index contributed by atoms with van der Waals surface area (Å²) in [4.78, 5) is 17.3. The zero-order valence-electron chi connectivity index (χ0n) is 12.4. The van der Waals surface area contributed by atoms with E-state index in [1.54, 1.807) is 30.5 Å². The zero-order chi connectivity index (χ0) is 16.9. The minimum Gasteiger partial charge on any atom is -0.380 e. The van der Waals surface area contributed by atoms with E-state index in [0.717, 1.165) is 10.6 Å². The molecule has 0 aliphatic carbocycles. The van der Waals surface area contributed by atoms with Crippen molar-refractivity contribution in [3.05, 3.63) is 74.7 Å². The van der Waals surface area contributed by atoms with Crippen molar-refractivity contribution in [1.82, 2.24) is 4.98 Å². The first-order valence-corrected chi connectivity index (χ1v) is 8.69. The standard InChI is InChI=1S/C17H13Cl2N3OS/c18-15-7-2-1-6-14(15)16(23)22-12-5-3-4-11(8-12)20-9-13-10-21-17(19)24-13/h1-8,10,20H,9H2,(H,22,23). The minimum atomic E-state index is -0.244. The summed E-state index contributed by atoms with van der Waals surface area (Å²) in [6.45, 7) is 0.617. The second-order valence-electron chi connectivity index (χ2n) is 4.95. The molecule has 3 rings (SSSR count). The summed E-state index contributed by atoms with van der Waals surface area (Å²) in [5.41, 5.74) is 2.01. The number of thiazole rings is 1. The van der Waals surface area contributed by atoms with Gasteiger partial charge in [0, 0.05) is 22.4 Å². The topological polar surface area (TPSA) is 54.0 Å². The molecule has 0 fully saturated rings. The second kappa shape index (κ2) is 7.66. The highest BCUT2D eigenvalue weighted by Gasteiger charge is 2.10. The molecule has 0 unspecified atom stereocenters. The number of aromatic nitrogens is 1. The first-order chi connectivity index (χ1) is 11.6. The van der Waals surface area contributed by atoms with Crippen molar-refractivity contribution in [2.24, 2.45) is 0 Å². The molecule has 0 radical (unpaired) electrons. The van der Waals surface area contributed by atoms with Crippen LogP contribution in [-0.4, -0.2) is 10.9 Å². The van der Waals surface area contributed by atoms with E-state index in [1.807, 2.05) is 24.3 Å². The van der Waals surface area contributed by atoms with Gasteiger partial charge in [0.05, 0.1) is 17.1 Å². The summed E-state index contributed by atoms with van der Waals surface area (Å²) in [6.07, 6.45) is 1.74. The lowest BCUT2D eigenvalue weighted by Gasteiger charge is -2.09. The number of rotatable bonds is 5. The lowest BCUT2D eigenvalue weighted by atomic mass is 10.2. The molecule has 0 saturated heterocycles. The van der Waals surface area contributed by atoms with Gasteiger partial charge in [0.1, 0.15) is 0 Å². The Balaban J connectivity index is 1.66. The van der Waals surface area contributed by atoms with Crippen molar-refractivity contribution in [1.29, 1.82) is 0 Å². The van der Waals surface area contributed by atoms with E-state index in [0.29, 0.717) is 27.3 Å². The van der Waals surface area contributed by atoms with Gasteiger partial charge in [-0.15, -0.1) is 11.3 Å². The average molecular weight is 378 g/mol. The van der Waals surface area contributed by atoms with Crippen LogP contribution >= 0.6 is 34.5 Å².